The van der Waals surface area contributed by atoms with Crippen LogP contribution in [0.5, 0.6) is 5.75 Å². The van der Waals surface area contributed by atoms with Gasteiger partial charge in [0.2, 0.25) is 0 Å². The van der Waals surface area contributed by atoms with Crippen LogP contribution >= 0.6 is 27.3 Å². The van der Waals surface area contributed by atoms with Gasteiger partial charge in [0, 0.05) is 4.47 Å². The van der Waals surface area contributed by atoms with Crippen molar-refractivity contribution in [1.29, 1.82) is 0 Å². The first-order valence-electron chi connectivity index (χ1n) is 5.51. The SMILES string of the molecule is Cc1csc(C(=O)O)c1NC(=O)c1cc(Br)ccc1O. The minimum absolute atomic E-state index is 0.0605. The number of aromatic hydroxyl groups is 1. The fourth-order valence-electron chi connectivity index (χ4n) is 1.63. The van der Waals surface area contributed by atoms with E-state index in [2.05, 4.69) is 21.2 Å². The van der Waals surface area contributed by atoms with E-state index in [0.29, 0.717) is 10.0 Å². The number of nitrogens with one attached hydrogen (secondary N) is 1. The number of benzene rings is 1. The van der Waals surface area contributed by atoms with Gasteiger partial charge in [0.05, 0.1) is 11.3 Å². The lowest BCUT2D eigenvalue weighted by atomic mass is 10.1. The molecule has 104 valence electrons. The molecule has 5 nitrogen and oxygen atoms in total. The molecule has 0 bridgehead atoms. The second kappa shape index (κ2) is 5.64. The van der Waals surface area contributed by atoms with E-state index in [1.807, 2.05) is 0 Å². The molecule has 0 aliphatic heterocycles. The third-order valence-electron chi connectivity index (χ3n) is 2.61. The van der Waals surface area contributed by atoms with E-state index < -0.39 is 11.9 Å². The van der Waals surface area contributed by atoms with Crippen LogP contribution in [0.25, 0.3) is 0 Å². The van der Waals surface area contributed by atoms with Crippen molar-refractivity contribution in [1.82, 2.24) is 0 Å². The summed E-state index contributed by atoms with van der Waals surface area (Å²) in [7, 11) is 0. The monoisotopic (exact) mass is 355 g/mol. The number of aromatic carboxylic acids is 1. The maximum atomic E-state index is 12.1. The molecule has 0 atom stereocenters. The molecule has 0 aliphatic carbocycles. The molecule has 7 heteroatoms. The highest BCUT2D eigenvalue weighted by atomic mass is 79.9. The number of hydrogen-bond donors (Lipinski definition) is 3. The molecule has 20 heavy (non-hydrogen) atoms. The van der Waals surface area contributed by atoms with Gasteiger partial charge in [0.1, 0.15) is 10.6 Å². The summed E-state index contributed by atoms with van der Waals surface area (Å²) >= 11 is 4.25. The van der Waals surface area contributed by atoms with Crippen molar-refractivity contribution in [3.63, 3.8) is 0 Å². The lowest BCUT2D eigenvalue weighted by Crippen LogP contribution is -2.14. The Balaban J connectivity index is 2.35. The van der Waals surface area contributed by atoms with E-state index in [-0.39, 0.29) is 21.9 Å². The zero-order valence-electron chi connectivity index (χ0n) is 10.3. The van der Waals surface area contributed by atoms with E-state index in [4.69, 9.17) is 5.11 Å². The number of thiophene rings is 1. The lowest BCUT2D eigenvalue weighted by molar-refractivity contribution is 0.0703. The Morgan fingerprint density at radius 1 is 1.35 bits per heavy atom. The van der Waals surface area contributed by atoms with Gasteiger partial charge in [-0.25, -0.2) is 4.79 Å². The number of phenols is 1. The lowest BCUT2D eigenvalue weighted by Gasteiger charge is -2.08. The van der Waals surface area contributed by atoms with Gasteiger partial charge in [-0.1, -0.05) is 15.9 Å². The third kappa shape index (κ3) is 2.83. The molecule has 0 fully saturated rings. The Kier molecular flexibility index (Phi) is 4.10. The number of halogens is 1. The number of amides is 1. The summed E-state index contributed by atoms with van der Waals surface area (Å²) in [4.78, 5) is 23.3. The van der Waals surface area contributed by atoms with Crippen molar-refractivity contribution in [2.75, 3.05) is 5.32 Å². The number of carbonyl (C=O) groups excluding carboxylic acids is 1. The van der Waals surface area contributed by atoms with Crippen LogP contribution in [0.2, 0.25) is 0 Å². The second-order valence-corrected chi connectivity index (χ2v) is 5.84. The third-order valence-corrected chi connectivity index (χ3v) is 4.19. The largest absolute Gasteiger partial charge is 0.507 e. The van der Waals surface area contributed by atoms with Crippen LogP contribution in [0.3, 0.4) is 0 Å². The number of aryl methyl sites for hydroxylation is 1. The quantitative estimate of drug-likeness (QED) is 0.786. The maximum Gasteiger partial charge on any atom is 0.348 e. The molecular weight excluding hydrogens is 346 g/mol. The highest BCUT2D eigenvalue weighted by Crippen LogP contribution is 2.29. The van der Waals surface area contributed by atoms with Crippen molar-refractivity contribution in [2.45, 2.75) is 6.92 Å². The van der Waals surface area contributed by atoms with Crippen LogP contribution < -0.4 is 5.32 Å². The minimum atomic E-state index is -1.10. The molecule has 0 unspecified atom stereocenters. The summed E-state index contributed by atoms with van der Waals surface area (Å²) < 4.78 is 0.640. The zero-order valence-corrected chi connectivity index (χ0v) is 12.7. The molecule has 0 spiro atoms. The molecule has 1 aromatic carbocycles. The Labute approximate surface area is 127 Å². The summed E-state index contributed by atoms with van der Waals surface area (Å²) in [5.41, 5.74) is 0.989. The number of carboxylic acid groups (broad SMARTS) is 1. The minimum Gasteiger partial charge on any atom is -0.507 e. The fraction of sp³-hybridized carbons (Fsp3) is 0.0769. The van der Waals surface area contributed by atoms with Crippen molar-refractivity contribution >= 4 is 44.8 Å². The van der Waals surface area contributed by atoms with Crippen LogP contribution in [-0.4, -0.2) is 22.1 Å². The van der Waals surface area contributed by atoms with E-state index in [9.17, 15) is 14.7 Å². The maximum absolute atomic E-state index is 12.1. The van der Waals surface area contributed by atoms with Crippen LogP contribution in [0.4, 0.5) is 5.69 Å². The summed E-state index contributed by atoms with van der Waals surface area (Å²) in [6, 6.07) is 4.45. The number of rotatable bonds is 3. The molecule has 1 aromatic heterocycles. The molecule has 1 amide bonds. The topological polar surface area (TPSA) is 86.6 Å². The first-order valence-corrected chi connectivity index (χ1v) is 7.18. The molecule has 2 rings (SSSR count). The van der Waals surface area contributed by atoms with Crippen LogP contribution in [0.1, 0.15) is 25.6 Å². The number of carboxylic acids is 1. The van der Waals surface area contributed by atoms with E-state index in [0.717, 1.165) is 11.3 Å². The number of phenolic OH excluding ortho intramolecular Hbond substituents is 1. The molecule has 3 N–H and O–H groups in total. The van der Waals surface area contributed by atoms with Gasteiger partial charge in [-0.15, -0.1) is 11.3 Å². The fourth-order valence-corrected chi connectivity index (χ4v) is 2.83. The standard InChI is InChI=1S/C13H10BrNO4S/c1-6-5-20-11(13(18)19)10(6)15-12(17)8-4-7(14)2-3-9(8)16/h2-5,16H,1H3,(H,15,17)(H,18,19). The Morgan fingerprint density at radius 3 is 2.70 bits per heavy atom. The summed E-state index contributed by atoms with van der Waals surface area (Å²) in [6.45, 7) is 1.71. The predicted molar refractivity (Wildman–Crippen MR) is 79.8 cm³/mol. The Bertz CT molecular complexity index is 696. The Hall–Kier alpha value is -1.86. The smallest absolute Gasteiger partial charge is 0.348 e. The normalized spacial score (nSPS) is 10.3. The highest BCUT2D eigenvalue weighted by Gasteiger charge is 2.19. The number of anilines is 1. The van der Waals surface area contributed by atoms with Crippen LogP contribution in [0.15, 0.2) is 28.1 Å². The van der Waals surface area contributed by atoms with Gasteiger partial charge < -0.3 is 15.5 Å². The van der Waals surface area contributed by atoms with Gasteiger partial charge in [-0.05, 0) is 36.1 Å². The summed E-state index contributed by atoms with van der Waals surface area (Å²) in [5.74, 6) is -1.83. The molecule has 0 aliphatic rings. The Morgan fingerprint density at radius 2 is 2.05 bits per heavy atom. The van der Waals surface area contributed by atoms with Crippen LogP contribution in [-0.2, 0) is 0 Å². The average Bonchev–Trinajstić information content (AvgIpc) is 2.74. The van der Waals surface area contributed by atoms with Crippen molar-refractivity contribution in [3.05, 3.63) is 44.1 Å². The number of hydrogen-bond acceptors (Lipinski definition) is 4. The molecule has 1 heterocycles. The van der Waals surface area contributed by atoms with Gasteiger partial charge >= 0.3 is 5.97 Å². The summed E-state index contributed by atoms with van der Waals surface area (Å²) in [5, 5.41) is 22.9. The first kappa shape index (κ1) is 14.5. The van der Waals surface area contributed by atoms with Gasteiger partial charge in [-0.2, -0.15) is 0 Å². The van der Waals surface area contributed by atoms with E-state index in [1.54, 1.807) is 18.4 Å². The van der Waals surface area contributed by atoms with E-state index in [1.165, 1.54) is 12.1 Å². The van der Waals surface area contributed by atoms with Gasteiger partial charge in [0.15, 0.2) is 0 Å². The number of carbonyl (C=O) groups is 2. The van der Waals surface area contributed by atoms with Crippen LogP contribution in [0, 0.1) is 6.92 Å². The average molecular weight is 356 g/mol. The molecule has 0 saturated carbocycles. The van der Waals surface area contributed by atoms with E-state index >= 15 is 0 Å². The molecule has 0 saturated heterocycles. The van der Waals surface area contributed by atoms with Crippen molar-refractivity contribution in [2.24, 2.45) is 0 Å². The van der Waals surface area contributed by atoms with Crippen molar-refractivity contribution in [3.8, 4) is 5.75 Å². The molecule has 0 radical (unpaired) electrons. The summed E-state index contributed by atoms with van der Waals surface area (Å²) in [6.07, 6.45) is 0. The highest BCUT2D eigenvalue weighted by molar-refractivity contribution is 9.10. The zero-order chi connectivity index (χ0) is 14.9. The second-order valence-electron chi connectivity index (χ2n) is 4.04. The molecule has 2 aromatic rings. The van der Waals surface area contributed by atoms with Gasteiger partial charge in [-0.3, -0.25) is 4.79 Å². The van der Waals surface area contributed by atoms with Crippen molar-refractivity contribution < 1.29 is 19.8 Å². The molecular formula is C13H10BrNO4S. The predicted octanol–water partition coefficient (Wildman–Crippen LogP) is 3.48. The first-order chi connectivity index (χ1) is 9.40. The van der Waals surface area contributed by atoms with Gasteiger partial charge in [0.25, 0.3) is 5.91 Å².